The lowest BCUT2D eigenvalue weighted by atomic mass is 9.73. The van der Waals surface area contributed by atoms with E-state index in [4.69, 9.17) is 10.1 Å². The minimum absolute atomic E-state index is 0.120. The van der Waals surface area contributed by atoms with E-state index in [-0.39, 0.29) is 6.04 Å². The topological polar surface area (TPSA) is 57.7 Å². The molecule has 4 aromatic rings. The number of rotatable bonds is 2. The number of anilines is 1. The molecule has 0 spiro atoms. The third-order valence-corrected chi connectivity index (χ3v) is 7.80. The second kappa shape index (κ2) is 6.41. The second-order valence-electron chi connectivity index (χ2n) is 8.23. The molecule has 6 rings (SSSR count). The van der Waals surface area contributed by atoms with Crippen molar-refractivity contribution in [3.05, 3.63) is 70.9 Å². The van der Waals surface area contributed by atoms with Crippen LogP contribution in [-0.2, 0) is 11.8 Å². The lowest BCUT2D eigenvalue weighted by molar-refractivity contribution is 0.405. The summed E-state index contributed by atoms with van der Waals surface area (Å²) in [5.74, 6) is 1.16. The first-order chi connectivity index (χ1) is 14.7. The van der Waals surface area contributed by atoms with E-state index >= 15 is 0 Å². The Balaban J connectivity index is 1.57. The van der Waals surface area contributed by atoms with E-state index in [9.17, 15) is 5.26 Å². The van der Waals surface area contributed by atoms with Crippen molar-refractivity contribution in [2.45, 2.75) is 37.6 Å². The number of nitriles is 1. The summed E-state index contributed by atoms with van der Waals surface area (Å²) in [5.41, 5.74) is 3.59. The molecule has 0 radical (unpaired) electrons. The SMILES string of the molecule is Cc1nn(-c2ccccc2)c2c1C[C@@](C#N)(c1nc3ccccc3s1)[C@@H]1CCCN21. The van der Waals surface area contributed by atoms with E-state index in [1.165, 1.54) is 5.56 Å². The van der Waals surface area contributed by atoms with Crippen LogP contribution in [0.3, 0.4) is 0 Å². The minimum Gasteiger partial charge on any atom is -0.351 e. The van der Waals surface area contributed by atoms with Gasteiger partial charge in [-0.15, -0.1) is 11.3 Å². The number of hydrogen-bond donors (Lipinski definition) is 0. The van der Waals surface area contributed by atoms with Gasteiger partial charge in [-0.25, -0.2) is 9.67 Å². The molecule has 4 heterocycles. The standard InChI is InChI=1S/C24H21N5S/c1-16-18-14-24(15-25,23-26-19-10-5-6-11-20(19)30-23)21-12-7-13-28(21)22(18)29(27-16)17-8-3-2-4-9-17/h2-6,8-11,21H,7,12-14H2,1H3/t21-,24-/m0/s1. The molecule has 0 aliphatic carbocycles. The first kappa shape index (κ1) is 17.7. The summed E-state index contributed by atoms with van der Waals surface area (Å²) >= 11 is 1.67. The summed E-state index contributed by atoms with van der Waals surface area (Å²) in [5, 5.41) is 16.4. The Kier molecular flexibility index (Phi) is 3.78. The molecule has 6 heteroatoms. The Labute approximate surface area is 179 Å². The molecule has 2 atom stereocenters. The Morgan fingerprint density at radius 2 is 1.93 bits per heavy atom. The molecule has 0 unspecified atom stereocenters. The maximum Gasteiger partial charge on any atom is 0.136 e. The van der Waals surface area contributed by atoms with Crippen LogP contribution in [0.2, 0.25) is 0 Å². The third-order valence-electron chi connectivity index (χ3n) is 6.58. The molecule has 1 fully saturated rings. The van der Waals surface area contributed by atoms with Gasteiger partial charge in [-0.05, 0) is 44.0 Å². The minimum atomic E-state index is -0.636. The molecule has 30 heavy (non-hydrogen) atoms. The lowest BCUT2D eigenvalue weighted by Crippen LogP contribution is -2.52. The smallest absolute Gasteiger partial charge is 0.136 e. The molecule has 5 nitrogen and oxygen atoms in total. The van der Waals surface area contributed by atoms with Crippen LogP contribution in [-0.4, -0.2) is 27.4 Å². The van der Waals surface area contributed by atoms with Gasteiger partial charge in [0.15, 0.2) is 0 Å². The average Bonchev–Trinajstić information content (AvgIpc) is 3.51. The van der Waals surface area contributed by atoms with E-state index in [0.717, 1.165) is 51.8 Å². The number of nitrogens with zero attached hydrogens (tertiary/aromatic N) is 5. The second-order valence-corrected chi connectivity index (χ2v) is 9.26. The zero-order valence-electron chi connectivity index (χ0n) is 16.7. The molecule has 2 aromatic heterocycles. The highest BCUT2D eigenvalue weighted by molar-refractivity contribution is 7.18. The van der Waals surface area contributed by atoms with Crippen LogP contribution in [0.25, 0.3) is 15.9 Å². The number of para-hydroxylation sites is 2. The molecule has 2 aliphatic heterocycles. The van der Waals surface area contributed by atoms with Gasteiger partial charge in [0.1, 0.15) is 16.2 Å². The molecule has 0 N–H and O–H groups in total. The van der Waals surface area contributed by atoms with Crippen LogP contribution in [0, 0.1) is 18.3 Å². The normalized spacial score (nSPS) is 22.7. The number of hydrogen-bond acceptors (Lipinski definition) is 5. The highest BCUT2D eigenvalue weighted by Gasteiger charge is 2.53. The maximum atomic E-state index is 10.6. The molecular weight excluding hydrogens is 390 g/mol. The van der Waals surface area contributed by atoms with E-state index in [0.29, 0.717) is 6.42 Å². The van der Waals surface area contributed by atoms with Crippen molar-refractivity contribution in [3.63, 3.8) is 0 Å². The average molecular weight is 412 g/mol. The Bertz CT molecular complexity index is 1270. The van der Waals surface area contributed by atoms with Gasteiger partial charge >= 0.3 is 0 Å². The molecule has 0 bridgehead atoms. The van der Waals surface area contributed by atoms with Gasteiger partial charge in [0.2, 0.25) is 0 Å². The monoisotopic (exact) mass is 411 g/mol. The quantitative estimate of drug-likeness (QED) is 0.476. The van der Waals surface area contributed by atoms with E-state index in [2.05, 4.69) is 40.8 Å². The largest absolute Gasteiger partial charge is 0.351 e. The zero-order chi connectivity index (χ0) is 20.3. The highest BCUT2D eigenvalue weighted by atomic mass is 32.1. The molecule has 0 saturated carbocycles. The van der Waals surface area contributed by atoms with Gasteiger partial charge in [0.05, 0.1) is 33.7 Å². The first-order valence-corrected chi connectivity index (χ1v) is 11.2. The number of thiazole rings is 1. The maximum absolute atomic E-state index is 10.6. The van der Waals surface area contributed by atoms with Crippen molar-refractivity contribution in [2.75, 3.05) is 11.4 Å². The van der Waals surface area contributed by atoms with Crippen molar-refractivity contribution < 1.29 is 0 Å². The highest BCUT2D eigenvalue weighted by Crippen LogP contribution is 2.50. The summed E-state index contributed by atoms with van der Waals surface area (Å²) in [6, 6.07) is 21.4. The number of aryl methyl sites for hydroxylation is 1. The molecule has 1 saturated heterocycles. The van der Waals surface area contributed by atoms with Crippen molar-refractivity contribution in [2.24, 2.45) is 0 Å². The van der Waals surface area contributed by atoms with Crippen LogP contribution < -0.4 is 4.90 Å². The van der Waals surface area contributed by atoms with E-state index < -0.39 is 5.41 Å². The van der Waals surface area contributed by atoms with Crippen LogP contribution in [0.4, 0.5) is 5.82 Å². The summed E-state index contributed by atoms with van der Waals surface area (Å²) < 4.78 is 3.22. The summed E-state index contributed by atoms with van der Waals surface area (Å²) in [6.07, 6.45) is 2.75. The molecule has 2 aromatic carbocycles. The van der Waals surface area contributed by atoms with Crippen molar-refractivity contribution in [1.29, 1.82) is 5.26 Å². The van der Waals surface area contributed by atoms with Gasteiger partial charge in [-0.1, -0.05) is 30.3 Å². The summed E-state index contributed by atoms with van der Waals surface area (Å²) in [6.45, 7) is 3.01. The number of benzene rings is 2. The number of aromatic nitrogens is 3. The van der Waals surface area contributed by atoms with E-state index in [1.54, 1.807) is 11.3 Å². The fraction of sp³-hybridized carbons (Fsp3) is 0.292. The van der Waals surface area contributed by atoms with E-state index in [1.807, 2.05) is 36.4 Å². The lowest BCUT2D eigenvalue weighted by Gasteiger charge is -2.42. The molecular formula is C24H21N5S. The Morgan fingerprint density at radius 3 is 2.73 bits per heavy atom. The van der Waals surface area contributed by atoms with Crippen molar-refractivity contribution in [1.82, 2.24) is 14.8 Å². The van der Waals surface area contributed by atoms with Crippen LogP contribution in [0.15, 0.2) is 54.6 Å². The third kappa shape index (κ3) is 2.33. The zero-order valence-corrected chi connectivity index (χ0v) is 17.6. The van der Waals surface area contributed by atoms with Gasteiger partial charge in [-0.3, -0.25) is 0 Å². The Hall–Kier alpha value is -3.17. The fourth-order valence-electron chi connectivity index (χ4n) is 5.17. The number of fused-ring (bicyclic) bond motifs is 4. The van der Waals surface area contributed by atoms with Crippen molar-refractivity contribution in [3.8, 4) is 11.8 Å². The summed E-state index contributed by atoms with van der Waals surface area (Å²) in [7, 11) is 0. The van der Waals surface area contributed by atoms with Gasteiger partial charge in [0.25, 0.3) is 0 Å². The van der Waals surface area contributed by atoms with Crippen LogP contribution in [0.5, 0.6) is 0 Å². The van der Waals surface area contributed by atoms with Crippen LogP contribution >= 0.6 is 11.3 Å². The van der Waals surface area contributed by atoms with Gasteiger partial charge < -0.3 is 4.90 Å². The van der Waals surface area contributed by atoms with Crippen molar-refractivity contribution >= 4 is 27.4 Å². The predicted molar refractivity (Wildman–Crippen MR) is 119 cm³/mol. The predicted octanol–water partition coefficient (Wildman–Crippen LogP) is 4.78. The molecule has 148 valence electrons. The fourth-order valence-corrected chi connectivity index (χ4v) is 6.32. The van der Waals surface area contributed by atoms with Gasteiger partial charge in [-0.2, -0.15) is 10.4 Å². The molecule has 0 amide bonds. The summed E-state index contributed by atoms with van der Waals surface area (Å²) in [4.78, 5) is 7.38. The van der Waals surface area contributed by atoms with Gasteiger partial charge in [0, 0.05) is 18.5 Å². The Morgan fingerprint density at radius 1 is 1.13 bits per heavy atom. The first-order valence-electron chi connectivity index (χ1n) is 10.4. The van der Waals surface area contributed by atoms with Crippen LogP contribution in [0.1, 0.15) is 29.1 Å². The molecule has 2 aliphatic rings.